The molecule has 0 unspecified atom stereocenters. The lowest BCUT2D eigenvalue weighted by atomic mass is 10.2. The van der Waals surface area contributed by atoms with E-state index in [0.717, 1.165) is 11.9 Å². The number of urea groups is 1. The molecule has 23 heavy (non-hydrogen) atoms. The normalized spacial score (nSPS) is 12.3. The lowest BCUT2D eigenvalue weighted by Gasteiger charge is -2.30. The highest BCUT2D eigenvalue weighted by molar-refractivity contribution is 5.81. The molecule has 0 spiro atoms. The maximum absolute atomic E-state index is 12.4. The van der Waals surface area contributed by atoms with Crippen molar-refractivity contribution in [2.24, 2.45) is 0 Å². The van der Waals surface area contributed by atoms with Crippen molar-refractivity contribution in [2.45, 2.75) is 32.5 Å². The average molecular weight is 341 g/mol. The second-order valence-corrected chi connectivity index (χ2v) is 6.57. The van der Waals surface area contributed by atoms with E-state index in [0.29, 0.717) is 11.4 Å². The fraction of sp³-hybridized carbons (Fsp3) is 0.857. The number of carbonyl (C=O) groups excluding carboxylic acids is 2. The van der Waals surface area contributed by atoms with Crippen LogP contribution in [0.1, 0.15) is 20.8 Å². The first-order valence-electron chi connectivity index (χ1n) is 7.14. The van der Waals surface area contributed by atoms with Gasteiger partial charge >= 0.3 is 18.2 Å². The minimum Gasteiger partial charge on any atom is -0.459 e. The van der Waals surface area contributed by atoms with Gasteiger partial charge in [0.15, 0.2) is 0 Å². The van der Waals surface area contributed by atoms with Crippen molar-refractivity contribution >= 4 is 12.0 Å². The molecule has 0 bridgehead atoms. The van der Waals surface area contributed by atoms with Crippen LogP contribution in [0.4, 0.5) is 18.0 Å². The summed E-state index contributed by atoms with van der Waals surface area (Å²) in [5.41, 5.74) is -0.731. The summed E-state index contributed by atoms with van der Waals surface area (Å²) >= 11 is 0. The van der Waals surface area contributed by atoms with Crippen molar-refractivity contribution in [2.75, 3.05) is 47.3 Å². The van der Waals surface area contributed by atoms with Gasteiger partial charge in [-0.05, 0) is 34.9 Å². The van der Waals surface area contributed by atoms with E-state index in [1.807, 2.05) is 0 Å². The molecular weight excluding hydrogens is 315 g/mol. The van der Waals surface area contributed by atoms with Gasteiger partial charge in [-0.2, -0.15) is 13.2 Å². The molecule has 6 nitrogen and oxygen atoms in total. The molecule has 0 heterocycles. The number of carbonyl (C=O) groups is 2. The van der Waals surface area contributed by atoms with Gasteiger partial charge in [-0.1, -0.05) is 0 Å². The molecule has 0 fully saturated rings. The molecule has 0 saturated carbocycles. The maximum atomic E-state index is 12.4. The SMILES string of the molecule is CN(C)CCN(CC(=O)OC(C)(C)C)C(=O)N(C)CC(F)(F)F. The number of ether oxygens (including phenoxy) is 1. The molecule has 2 amide bonds. The van der Waals surface area contributed by atoms with Gasteiger partial charge in [0.2, 0.25) is 0 Å². The number of nitrogens with zero attached hydrogens (tertiary/aromatic N) is 3. The van der Waals surface area contributed by atoms with Gasteiger partial charge in [0.25, 0.3) is 0 Å². The van der Waals surface area contributed by atoms with Crippen LogP contribution in [0, 0.1) is 0 Å². The van der Waals surface area contributed by atoms with Crippen molar-refractivity contribution in [3.8, 4) is 0 Å². The van der Waals surface area contributed by atoms with Crippen LogP contribution in [-0.2, 0) is 9.53 Å². The first-order chi connectivity index (χ1) is 10.2. The van der Waals surface area contributed by atoms with Crippen molar-refractivity contribution in [3.05, 3.63) is 0 Å². The monoisotopic (exact) mass is 341 g/mol. The predicted molar refractivity (Wildman–Crippen MR) is 80.1 cm³/mol. The highest BCUT2D eigenvalue weighted by Crippen LogP contribution is 2.16. The molecule has 136 valence electrons. The standard InChI is InChI=1S/C14H26F3N3O3/c1-13(2,3)23-11(21)9-20(8-7-18(4)5)12(22)19(6)10-14(15,16)17/h7-10H2,1-6H3. The van der Waals surface area contributed by atoms with E-state index >= 15 is 0 Å². The third-order valence-electron chi connectivity index (χ3n) is 2.57. The number of rotatable bonds is 6. The van der Waals surface area contributed by atoms with E-state index in [2.05, 4.69) is 0 Å². The molecular formula is C14H26F3N3O3. The number of likely N-dealkylation sites (N-methyl/N-ethyl adjacent to an activating group) is 1. The summed E-state index contributed by atoms with van der Waals surface area (Å²) in [6, 6.07) is -0.866. The third kappa shape index (κ3) is 10.8. The van der Waals surface area contributed by atoms with Gasteiger partial charge in [-0.15, -0.1) is 0 Å². The number of esters is 1. The number of hydrogen-bond donors (Lipinski definition) is 0. The molecule has 0 N–H and O–H groups in total. The summed E-state index contributed by atoms with van der Waals surface area (Å²) in [5, 5.41) is 0. The highest BCUT2D eigenvalue weighted by Gasteiger charge is 2.33. The van der Waals surface area contributed by atoms with Crippen LogP contribution in [-0.4, -0.2) is 85.8 Å². The Balaban J connectivity index is 4.91. The van der Waals surface area contributed by atoms with Crippen LogP contribution in [0.15, 0.2) is 0 Å². The second-order valence-electron chi connectivity index (χ2n) is 6.57. The Morgan fingerprint density at radius 3 is 1.91 bits per heavy atom. The van der Waals surface area contributed by atoms with Crippen LogP contribution in [0.25, 0.3) is 0 Å². The fourth-order valence-corrected chi connectivity index (χ4v) is 1.67. The van der Waals surface area contributed by atoms with Crippen molar-refractivity contribution in [1.82, 2.24) is 14.7 Å². The van der Waals surface area contributed by atoms with Crippen LogP contribution >= 0.6 is 0 Å². The van der Waals surface area contributed by atoms with Crippen molar-refractivity contribution < 1.29 is 27.5 Å². The summed E-state index contributed by atoms with van der Waals surface area (Å²) in [5.74, 6) is -0.662. The Kier molecular flexibility index (Phi) is 7.82. The van der Waals surface area contributed by atoms with Crippen LogP contribution < -0.4 is 0 Å². The molecule has 0 aliphatic carbocycles. The lowest BCUT2D eigenvalue weighted by molar-refractivity contribution is -0.155. The molecule has 9 heteroatoms. The highest BCUT2D eigenvalue weighted by atomic mass is 19.4. The number of hydrogen-bond acceptors (Lipinski definition) is 4. The molecule has 0 radical (unpaired) electrons. The van der Waals surface area contributed by atoms with Crippen LogP contribution in [0.3, 0.4) is 0 Å². The van der Waals surface area contributed by atoms with Gasteiger partial charge in [0.05, 0.1) is 0 Å². The molecule has 0 aromatic carbocycles. The van der Waals surface area contributed by atoms with Crippen LogP contribution in [0.5, 0.6) is 0 Å². The minimum atomic E-state index is -4.50. The summed E-state index contributed by atoms with van der Waals surface area (Å²) in [6.07, 6.45) is -4.50. The Bertz CT molecular complexity index is 406. The number of amides is 2. The van der Waals surface area contributed by atoms with Crippen molar-refractivity contribution in [1.29, 1.82) is 0 Å². The molecule has 0 aromatic rings. The molecule has 0 rings (SSSR count). The van der Waals surface area contributed by atoms with E-state index in [9.17, 15) is 22.8 Å². The van der Waals surface area contributed by atoms with E-state index < -0.39 is 36.9 Å². The molecule has 0 atom stereocenters. The minimum absolute atomic E-state index is 0.118. The van der Waals surface area contributed by atoms with E-state index in [-0.39, 0.29) is 6.54 Å². The quantitative estimate of drug-likeness (QED) is 0.692. The molecule has 0 aromatic heterocycles. The van der Waals surface area contributed by atoms with Crippen molar-refractivity contribution in [3.63, 3.8) is 0 Å². The zero-order valence-electron chi connectivity index (χ0n) is 14.5. The number of halogens is 3. The Hall–Kier alpha value is -1.51. The molecule has 0 aliphatic heterocycles. The fourth-order valence-electron chi connectivity index (χ4n) is 1.67. The zero-order valence-corrected chi connectivity index (χ0v) is 14.5. The Morgan fingerprint density at radius 1 is 1.00 bits per heavy atom. The largest absolute Gasteiger partial charge is 0.459 e. The summed E-state index contributed by atoms with van der Waals surface area (Å²) in [6.45, 7) is 3.78. The summed E-state index contributed by atoms with van der Waals surface area (Å²) in [7, 11) is 4.57. The third-order valence-corrected chi connectivity index (χ3v) is 2.57. The smallest absolute Gasteiger partial charge is 0.406 e. The molecule has 0 saturated heterocycles. The lowest BCUT2D eigenvalue weighted by Crippen LogP contribution is -2.49. The first-order valence-corrected chi connectivity index (χ1v) is 7.14. The van der Waals surface area contributed by atoms with Gasteiger partial charge in [0.1, 0.15) is 18.7 Å². The number of alkyl halides is 3. The maximum Gasteiger partial charge on any atom is 0.406 e. The Labute approximate surface area is 135 Å². The first kappa shape index (κ1) is 21.5. The second kappa shape index (κ2) is 8.37. The van der Waals surface area contributed by atoms with Gasteiger partial charge in [-0.3, -0.25) is 4.79 Å². The van der Waals surface area contributed by atoms with Gasteiger partial charge in [-0.25, -0.2) is 4.79 Å². The van der Waals surface area contributed by atoms with E-state index in [1.54, 1.807) is 39.8 Å². The average Bonchev–Trinajstić information content (AvgIpc) is 2.28. The van der Waals surface area contributed by atoms with Crippen LogP contribution in [0.2, 0.25) is 0 Å². The Morgan fingerprint density at radius 2 is 1.52 bits per heavy atom. The van der Waals surface area contributed by atoms with E-state index in [4.69, 9.17) is 4.74 Å². The summed E-state index contributed by atoms with van der Waals surface area (Å²) < 4.78 is 42.4. The zero-order chi connectivity index (χ0) is 18.4. The van der Waals surface area contributed by atoms with Gasteiger partial charge < -0.3 is 19.4 Å². The topological polar surface area (TPSA) is 53.1 Å². The van der Waals surface area contributed by atoms with E-state index in [1.165, 1.54) is 0 Å². The molecule has 0 aliphatic rings. The van der Waals surface area contributed by atoms with Gasteiger partial charge in [0, 0.05) is 20.1 Å². The predicted octanol–water partition coefficient (Wildman–Crippen LogP) is 1.81. The summed E-state index contributed by atoms with van der Waals surface area (Å²) in [4.78, 5) is 27.4.